The summed E-state index contributed by atoms with van der Waals surface area (Å²) in [5.41, 5.74) is 13.4. The number of thiocarbonyl (C=S) groups is 1. The Kier molecular flexibility index (Phi) is 8.34. The number of nitrogens with two attached hydrogens (primary N) is 2. The summed E-state index contributed by atoms with van der Waals surface area (Å²) < 4.78 is 6.19. The monoisotopic (exact) mass is 430 g/mol. The second-order valence-electron chi connectivity index (χ2n) is 10.3. The number of fused-ring (bicyclic) bond motifs is 2. The molecule has 0 spiro atoms. The zero-order valence-electron chi connectivity index (χ0n) is 19.1. The van der Waals surface area contributed by atoms with Gasteiger partial charge in [0.1, 0.15) is 0 Å². The lowest BCUT2D eigenvalue weighted by Gasteiger charge is -2.55. The molecule has 1 aromatic carbocycles. The van der Waals surface area contributed by atoms with E-state index >= 15 is 0 Å². The fourth-order valence-corrected chi connectivity index (χ4v) is 6.27. The van der Waals surface area contributed by atoms with Crippen LogP contribution in [0.25, 0.3) is 0 Å². The van der Waals surface area contributed by atoms with Gasteiger partial charge in [-0.05, 0) is 68.3 Å². The smallest absolute Gasteiger partial charge is 0.0787 e. The van der Waals surface area contributed by atoms with Crippen LogP contribution in [0.1, 0.15) is 90.0 Å². The molecule has 3 fully saturated rings. The van der Waals surface area contributed by atoms with Crippen LogP contribution in [-0.2, 0) is 10.2 Å². The molecule has 0 aliphatic heterocycles. The van der Waals surface area contributed by atoms with Crippen molar-refractivity contribution in [1.82, 2.24) is 0 Å². The number of benzene rings is 1. The van der Waals surface area contributed by atoms with Crippen LogP contribution in [0.4, 0.5) is 0 Å². The first-order valence-electron chi connectivity index (χ1n) is 12.1. The van der Waals surface area contributed by atoms with E-state index in [1.165, 1.54) is 50.5 Å². The average Bonchev–Trinajstić information content (AvgIpc) is 2.75. The molecule has 4 atom stereocenters. The molecule has 4 rings (SSSR count). The second kappa shape index (κ2) is 10.6. The number of rotatable bonds is 5. The standard InChI is InChI=1S/C20H29NOS.C6H13N/c1-3-11-22-17-9-10-20(16-7-5-4-6-8-16)13-15(17)12-19(2,14-20)18(21)23;7-6-4-2-1-3-5-6/h4-8,15,17H,3,9-14H2,1-2H3,(H2,21,23);6H,1-5,7H2. The van der Waals surface area contributed by atoms with Crippen LogP contribution >= 0.6 is 12.2 Å². The van der Waals surface area contributed by atoms with Crippen molar-refractivity contribution >= 4 is 17.2 Å². The first-order chi connectivity index (χ1) is 14.4. The van der Waals surface area contributed by atoms with E-state index in [1.807, 2.05) is 0 Å². The molecule has 3 aliphatic rings. The quantitative estimate of drug-likeness (QED) is 0.572. The van der Waals surface area contributed by atoms with Gasteiger partial charge in [0.05, 0.1) is 11.1 Å². The third-order valence-electron chi connectivity index (χ3n) is 7.69. The van der Waals surface area contributed by atoms with Crippen molar-refractivity contribution in [2.24, 2.45) is 22.8 Å². The van der Waals surface area contributed by atoms with Gasteiger partial charge in [-0.3, -0.25) is 0 Å². The minimum atomic E-state index is -0.0532. The zero-order chi connectivity index (χ0) is 21.6. The second-order valence-corrected chi connectivity index (χ2v) is 10.7. The summed E-state index contributed by atoms with van der Waals surface area (Å²) in [6, 6.07) is 11.5. The van der Waals surface area contributed by atoms with Gasteiger partial charge in [0.25, 0.3) is 0 Å². The molecule has 0 aromatic heterocycles. The maximum Gasteiger partial charge on any atom is 0.0787 e. The Bertz CT molecular complexity index is 675. The number of hydrogen-bond acceptors (Lipinski definition) is 3. The van der Waals surface area contributed by atoms with Gasteiger partial charge in [0.15, 0.2) is 0 Å². The third kappa shape index (κ3) is 5.63. The molecule has 0 radical (unpaired) electrons. The normalized spacial score (nSPS) is 34.0. The third-order valence-corrected chi connectivity index (χ3v) is 8.19. The van der Waals surface area contributed by atoms with E-state index in [-0.39, 0.29) is 10.8 Å². The topological polar surface area (TPSA) is 61.3 Å². The maximum absolute atomic E-state index is 6.19. The van der Waals surface area contributed by atoms with Crippen LogP contribution < -0.4 is 11.5 Å². The van der Waals surface area contributed by atoms with E-state index in [2.05, 4.69) is 44.2 Å². The summed E-state index contributed by atoms with van der Waals surface area (Å²) in [4.78, 5) is 0.679. The summed E-state index contributed by atoms with van der Waals surface area (Å²) in [6.45, 7) is 5.31. The number of hydrogen-bond donors (Lipinski definition) is 2. The van der Waals surface area contributed by atoms with Gasteiger partial charge in [0.2, 0.25) is 0 Å². The summed E-state index contributed by atoms with van der Waals surface area (Å²) in [6.07, 6.45) is 13.8. The van der Waals surface area contributed by atoms with Crippen molar-refractivity contribution in [3.8, 4) is 0 Å². The van der Waals surface area contributed by atoms with E-state index < -0.39 is 0 Å². The molecule has 3 saturated carbocycles. The zero-order valence-corrected chi connectivity index (χ0v) is 19.9. The van der Waals surface area contributed by atoms with E-state index in [9.17, 15) is 0 Å². The van der Waals surface area contributed by atoms with Crippen molar-refractivity contribution in [2.75, 3.05) is 6.61 Å². The molecule has 0 amide bonds. The van der Waals surface area contributed by atoms with E-state index in [0.717, 1.165) is 32.3 Å². The summed E-state index contributed by atoms with van der Waals surface area (Å²) in [7, 11) is 0. The van der Waals surface area contributed by atoms with Gasteiger partial charge in [-0.1, -0.05) is 75.7 Å². The van der Waals surface area contributed by atoms with Crippen molar-refractivity contribution in [1.29, 1.82) is 0 Å². The molecule has 30 heavy (non-hydrogen) atoms. The van der Waals surface area contributed by atoms with Crippen molar-refractivity contribution < 1.29 is 4.74 Å². The minimum Gasteiger partial charge on any atom is -0.393 e. The SMILES string of the molecule is CCCOC1CCC2(c3ccccc3)CC1CC(C)(C(N)=S)C2.NC1CCCCC1. The van der Waals surface area contributed by atoms with Gasteiger partial charge < -0.3 is 16.2 Å². The molecule has 4 N–H and O–H groups in total. The fraction of sp³-hybridized carbons (Fsp3) is 0.731. The number of ether oxygens (including phenoxy) is 1. The van der Waals surface area contributed by atoms with Gasteiger partial charge in [-0.15, -0.1) is 0 Å². The average molecular weight is 431 g/mol. The summed E-state index contributed by atoms with van der Waals surface area (Å²) in [5, 5.41) is 0. The lowest BCUT2D eigenvalue weighted by atomic mass is 9.51. The minimum absolute atomic E-state index is 0.0532. The van der Waals surface area contributed by atoms with Crippen LogP contribution in [-0.4, -0.2) is 23.7 Å². The highest BCUT2D eigenvalue weighted by Crippen LogP contribution is 2.57. The Balaban J connectivity index is 0.000000310. The Morgan fingerprint density at radius 2 is 1.80 bits per heavy atom. The summed E-state index contributed by atoms with van der Waals surface area (Å²) in [5.74, 6) is 0.566. The van der Waals surface area contributed by atoms with Gasteiger partial charge in [-0.2, -0.15) is 0 Å². The van der Waals surface area contributed by atoms with E-state index in [0.29, 0.717) is 23.1 Å². The van der Waals surface area contributed by atoms with Gasteiger partial charge in [0, 0.05) is 18.1 Å². The molecule has 4 unspecified atom stereocenters. The molecule has 0 heterocycles. The predicted octanol–water partition coefficient (Wildman–Crippen LogP) is 5.88. The molecule has 1 aromatic rings. The van der Waals surface area contributed by atoms with Crippen LogP contribution in [0, 0.1) is 11.3 Å². The molecule has 3 aliphatic carbocycles. The molecular weight excluding hydrogens is 388 g/mol. The first-order valence-corrected chi connectivity index (χ1v) is 12.5. The lowest BCUT2D eigenvalue weighted by Crippen LogP contribution is -2.53. The molecule has 168 valence electrons. The first kappa shape index (κ1) is 23.7. The van der Waals surface area contributed by atoms with Crippen LogP contribution in [0.3, 0.4) is 0 Å². The Morgan fingerprint density at radius 1 is 1.10 bits per heavy atom. The Morgan fingerprint density at radius 3 is 2.37 bits per heavy atom. The van der Waals surface area contributed by atoms with Crippen LogP contribution in [0.2, 0.25) is 0 Å². The predicted molar refractivity (Wildman–Crippen MR) is 131 cm³/mol. The molecule has 0 saturated heterocycles. The highest BCUT2D eigenvalue weighted by atomic mass is 32.1. The van der Waals surface area contributed by atoms with Crippen molar-refractivity contribution in [3.63, 3.8) is 0 Å². The molecule has 4 heteroatoms. The largest absolute Gasteiger partial charge is 0.393 e. The molecule has 2 bridgehead atoms. The Labute approximate surface area is 189 Å². The van der Waals surface area contributed by atoms with Crippen LogP contribution in [0.5, 0.6) is 0 Å². The van der Waals surface area contributed by atoms with Crippen molar-refractivity contribution in [2.45, 2.75) is 102 Å². The van der Waals surface area contributed by atoms with Crippen LogP contribution in [0.15, 0.2) is 30.3 Å². The molecule has 3 nitrogen and oxygen atoms in total. The van der Waals surface area contributed by atoms with E-state index in [4.69, 9.17) is 28.4 Å². The Hall–Kier alpha value is -0.970. The van der Waals surface area contributed by atoms with E-state index in [1.54, 1.807) is 0 Å². The van der Waals surface area contributed by atoms with Crippen molar-refractivity contribution in [3.05, 3.63) is 35.9 Å². The summed E-state index contributed by atoms with van der Waals surface area (Å²) >= 11 is 5.47. The maximum atomic E-state index is 6.19. The highest BCUT2D eigenvalue weighted by molar-refractivity contribution is 7.80. The fourth-order valence-electron chi connectivity index (χ4n) is 6.12. The van der Waals surface area contributed by atoms with Gasteiger partial charge >= 0.3 is 0 Å². The molecular formula is C26H42N2OS. The van der Waals surface area contributed by atoms with Gasteiger partial charge in [-0.25, -0.2) is 0 Å². The highest BCUT2D eigenvalue weighted by Gasteiger charge is 2.52. The lowest BCUT2D eigenvalue weighted by molar-refractivity contribution is -0.0652.